The number of aryl methyl sites for hydroxylation is 1. The van der Waals surface area contributed by atoms with Crippen molar-refractivity contribution in [2.24, 2.45) is 0 Å². The van der Waals surface area contributed by atoms with Crippen LogP contribution in [-0.4, -0.2) is 52.3 Å². The third kappa shape index (κ3) is 5.96. The second-order valence-electron chi connectivity index (χ2n) is 8.47. The average molecular weight is 491 g/mol. The van der Waals surface area contributed by atoms with Crippen molar-refractivity contribution >= 4 is 5.91 Å². The first-order valence-electron chi connectivity index (χ1n) is 10.4. The predicted molar refractivity (Wildman–Crippen MR) is 110 cm³/mol. The van der Waals surface area contributed by atoms with Gasteiger partial charge in [0.05, 0.1) is 30.0 Å². The van der Waals surface area contributed by atoms with Gasteiger partial charge in [-0.05, 0) is 25.5 Å². The highest BCUT2D eigenvalue weighted by atomic mass is 19.4. The average Bonchev–Trinajstić information content (AvgIpc) is 2.72. The normalized spacial score (nSPS) is 15.6. The number of ether oxygens (including phenoxy) is 1. The van der Waals surface area contributed by atoms with E-state index in [0.29, 0.717) is 13.2 Å². The van der Waals surface area contributed by atoms with Crippen LogP contribution in [0.5, 0.6) is 0 Å². The minimum Gasteiger partial charge on any atom is -0.376 e. The number of halogens is 6. The molecule has 0 N–H and O–H groups in total. The Hall–Kier alpha value is -2.89. The number of hydrogen-bond acceptors (Lipinski definition) is 4. The SMILES string of the molecule is CN(C(=O)Cn1c(CCCC(F)(F)F)nc(-c2ccc(C(F)(F)F)cc2)cc1=O)C1(C)COC1. The first-order valence-corrected chi connectivity index (χ1v) is 10.4. The predicted octanol–water partition coefficient (Wildman–Crippen LogP) is 4.06. The maximum Gasteiger partial charge on any atom is 0.416 e. The molecule has 186 valence electrons. The largest absolute Gasteiger partial charge is 0.416 e. The molecule has 0 spiro atoms. The van der Waals surface area contributed by atoms with Gasteiger partial charge in [0.25, 0.3) is 5.56 Å². The van der Waals surface area contributed by atoms with E-state index in [0.717, 1.165) is 34.9 Å². The highest BCUT2D eigenvalue weighted by Crippen LogP contribution is 2.31. The van der Waals surface area contributed by atoms with Crippen LogP contribution in [0.4, 0.5) is 26.3 Å². The highest BCUT2D eigenvalue weighted by Gasteiger charge is 2.40. The summed E-state index contributed by atoms with van der Waals surface area (Å²) in [6, 6.07) is 4.96. The molecule has 0 unspecified atom stereocenters. The maximum absolute atomic E-state index is 12.8. The number of carbonyl (C=O) groups is 1. The van der Waals surface area contributed by atoms with Crippen LogP contribution < -0.4 is 5.56 Å². The van der Waals surface area contributed by atoms with Crippen molar-refractivity contribution in [2.75, 3.05) is 20.3 Å². The van der Waals surface area contributed by atoms with E-state index in [-0.39, 0.29) is 29.9 Å². The van der Waals surface area contributed by atoms with Gasteiger partial charge in [-0.1, -0.05) is 12.1 Å². The molecule has 12 heteroatoms. The zero-order valence-corrected chi connectivity index (χ0v) is 18.5. The second kappa shape index (κ2) is 9.40. The molecule has 1 aromatic heterocycles. The van der Waals surface area contributed by atoms with Crippen molar-refractivity contribution in [3.63, 3.8) is 0 Å². The first-order chi connectivity index (χ1) is 15.7. The van der Waals surface area contributed by atoms with Crippen LogP contribution in [-0.2, 0) is 28.7 Å². The summed E-state index contributed by atoms with van der Waals surface area (Å²) in [7, 11) is 1.54. The van der Waals surface area contributed by atoms with Crippen LogP contribution >= 0.6 is 0 Å². The lowest BCUT2D eigenvalue weighted by Gasteiger charge is -2.45. The number of benzene rings is 1. The van der Waals surface area contributed by atoms with Crippen molar-refractivity contribution in [3.05, 3.63) is 52.1 Å². The van der Waals surface area contributed by atoms with Crippen molar-refractivity contribution in [3.8, 4) is 11.3 Å². The molecular weight excluding hydrogens is 468 g/mol. The molecule has 6 nitrogen and oxygen atoms in total. The van der Waals surface area contributed by atoms with Gasteiger partial charge in [-0.15, -0.1) is 0 Å². The molecule has 1 amide bonds. The quantitative estimate of drug-likeness (QED) is 0.548. The Labute approximate surface area is 191 Å². The third-order valence-electron chi connectivity index (χ3n) is 5.76. The minimum absolute atomic E-state index is 0.0112. The molecule has 1 fully saturated rings. The zero-order chi connectivity index (χ0) is 25.3. The molecule has 2 aromatic rings. The fourth-order valence-corrected chi connectivity index (χ4v) is 3.47. The van der Waals surface area contributed by atoms with E-state index in [1.807, 2.05) is 0 Å². The molecule has 0 aliphatic carbocycles. The maximum atomic E-state index is 12.8. The summed E-state index contributed by atoms with van der Waals surface area (Å²) >= 11 is 0. The molecule has 1 saturated heterocycles. The van der Waals surface area contributed by atoms with Crippen molar-refractivity contribution in [1.82, 2.24) is 14.5 Å². The van der Waals surface area contributed by atoms with Gasteiger partial charge in [0, 0.05) is 31.5 Å². The van der Waals surface area contributed by atoms with Crippen LogP contribution in [0, 0.1) is 0 Å². The monoisotopic (exact) mass is 491 g/mol. The van der Waals surface area contributed by atoms with Gasteiger partial charge in [0.1, 0.15) is 12.4 Å². The van der Waals surface area contributed by atoms with Crippen molar-refractivity contribution < 1.29 is 35.9 Å². The smallest absolute Gasteiger partial charge is 0.376 e. The summed E-state index contributed by atoms with van der Waals surface area (Å²) in [5.74, 6) is -0.502. The summed E-state index contributed by atoms with van der Waals surface area (Å²) in [4.78, 5) is 31.3. The van der Waals surface area contributed by atoms with E-state index in [4.69, 9.17) is 4.74 Å². The number of alkyl halides is 6. The lowest BCUT2D eigenvalue weighted by atomic mass is 9.98. The number of aromatic nitrogens is 2. The molecule has 1 aliphatic heterocycles. The van der Waals surface area contributed by atoms with E-state index < -0.39 is 47.9 Å². The first kappa shape index (κ1) is 25.7. The number of likely N-dealkylation sites (N-methyl/N-ethyl adjacent to an activating group) is 1. The van der Waals surface area contributed by atoms with Gasteiger partial charge in [-0.25, -0.2) is 4.98 Å². The summed E-state index contributed by atoms with van der Waals surface area (Å²) < 4.78 is 82.6. The van der Waals surface area contributed by atoms with E-state index in [1.54, 1.807) is 14.0 Å². The molecule has 3 rings (SSSR count). The Morgan fingerprint density at radius 3 is 2.26 bits per heavy atom. The molecule has 1 aromatic carbocycles. The summed E-state index contributed by atoms with van der Waals surface area (Å²) in [6.07, 6.45) is -10.7. The molecule has 0 bridgehead atoms. The fraction of sp³-hybridized carbons (Fsp3) is 0.500. The van der Waals surface area contributed by atoms with Crippen LogP contribution in [0.1, 0.15) is 31.2 Å². The van der Waals surface area contributed by atoms with Gasteiger partial charge in [0.2, 0.25) is 5.91 Å². The molecule has 0 atom stereocenters. The lowest BCUT2D eigenvalue weighted by Crippen LogP contribution is -2.61. The van der Waals surface area contributed by atoms with Crippen LogP contribution in [0.2, 0.25) is 0 Å². The van der Waals surface area contributed by atoms with Crippen LogP contribution in [0.3, 0.4) is 0 Å². The Morgan fingerprint density at radius 1 is 1.15 bits per heavy atom. The molecule has 0 radical (unpaired) electrons. The molecular formula is C22H23F6N3O3. The zero-order valence-electron chi connectivity index (χ0n) is 18.5. The van der Waals surface area contributed by atoms with Crippen molar-refractivity contribution in [1.29, 1.82) is 0 Å². The van der Waals surface area contributed by atoms with Crippen molar-refractivity contribution in [2.45, 2.75) is 50.6 Å². The molecule has 34 heavy (non-hydrogen) atoms. The van der Waals surface area contributed by atoms with Gasteiger partial charge in [-0.3, -0.25) is 14.2 Å². The Morgan fingerprint density at radius 2 is 1.76 bits per heavy atom. The van der Waals surface area contributed by atoms with E-state index >= 15 is 0 Å². The summed E-state index contributed by atoms with van der Waals surface area (Å²) in [6.45, 7) is 1.99. The van der Waals surface area contributed by atoms with Crippen LogP contribution in [0.15, 0.2) is 35.1 Å². The van der Waals surface area contributed by atoms with Gasteiger partial charge in [-0.2, -0.15) is 26.3 Å². The Bertz CT molecular complexity index is 1090. The van der Waals surface area contributed by atoms with Gasteiger partial charge < -0.3 is 9.64 Å². The Kier molecular flexibility index (Phi) is 7.11. The number of nitrogens with zero attached hydrogens (tertiary/aromatic N) is 3. The highest BCUT2D eigenvalue weighted by molar-refractivity contribution is 5.77. The van der Waals surface area contributed by atoms with Gasteiger partial charge in [0.15, 0.2) is 0 Å². The minimum atomic E-state index is -4.55. The second-order valence-corrected chi connectivity index (χ2v) is 8.47. The van der Waals surface area contributed by atoms with E-state index in [9.17, 15) is 35.9 Å². The molecule has 2 heterocycles. The number of hydrogen-bond donors (Lipinski definition) is 0. The topological polar surface area (TPSA) is 64.4 Å². The number of rotatable bonds is 7. The Balaban J connectivity index is 1.92. The van der Waals surface area contributed by atoms with E-state index in [2.05, 4.69) is 4.98 Å². The number of amides is 1. The third-order valence-corrected chi connectivity index (χ3v) is 5.76. The fourth-order valence-electron chi connectivity index (χ4n) is 3.47. The van der Waals surface area contributed by atoms with Gasteiger partial charge >= 0.3 is 12.4 Å². The molecule has 1 aliphatic rings. The van der Waals surface area contributed by atoms with Crippen LogP contribution in [0.25, 0.3) is 11.3 Å². The summed E-state index contributed by atoms with van der Waals surface area (Å²) in [5.41, 5.74) is -1.93. The number of carbonyl (C=O) groups excluding carboxylic acids is 1. The molecule has 0 saturated carbocycles. The standard InChI is InChI=1S/C22H23F6N3O3/c1-20(12-34-13-20)30(2)19(33)11-31-17(4-3-9-21(23,24)25)29-16(10-18(31)32)14-5-7-15(8-6-14)22(26,27)28/h5-8,10H,3-4,9,11-13H2,1-2H3. The summed E-state index contributed by atoms with van der Waals surface area (Å²) in [5, 5.41) is 0. The van der Waals surface area contributed by atoms with E-state index in [1.165, 1.54) is 4.90 Å². The lowest BCUT2D eigenvalue weighted by molar-refractivity contribution is -0.159.